The Hall–Kier alpha value is -0.693. The Morgan fingerprint density at radius 1 is 1.21 bits per heavy atom. The SMILES string of the molecule is C=CC(=O)NC(C)CC[Si](OCC)(OCC)OCC. The summed E-state index contributed by atoms with van der Waals surface area (Å²) >= 11 is 0. The van der Waals surface area contributed by atoms with Crippen molar-refractivity contribution in [2.24, 2.45) is 0 Å². The number of hydrogen-bond donors (Lipinski definition) is 1. The molecule has 1 unspecified atom stereocenters. The molecule has 0 aromatic heterocycles. The fourth-order valence-corrected chi connectivity index (χ4v) is 4.56. The van der Waals surface area contributed by atoms with E-state index in [1.54, 1.807) is 0 Å². The van der Waals surface area contributed by atoms with Gasteiger partial charge in [0, 0.05) is 31.9 Å². The first-order valence-corrected chi connectivity index (χ1v) is 8.81. The zero-order valence-corrected chi connectivity index (χ0v) is 13.5. The highest BCUT2D eigenvalue weighted by Gasteiger charge is 2.40. The molecule has 0 bridgehead atoms. The van der Waals surface area contributed by atoms with E-state index >= 15 is 0 Å². The summed E-state index contributed by atoms with van der Waals surface area (Å²) in [5.41, 5.74) is 0. The molecule has 0 saturated carbocycles. The quantitative estimate of drug-likeness (QED) is 0.467. The molecule has 0 aliphatic rings. The zero-order chi connectivity index (χ0) is 14.7. The van der Waals surface area contributed by atoms with Gasteiger partial charge >= 0.3 is 8.80 Å². The molecule has 1 atom stereocenters. The lowest BCUT2D eigenvalue weighted by Crippen LogP contribution is -2.47. The normalized spacial score (nSPS) is 13.1. The molecule has 0 rings (SSSR count). The highest BCUT2D eigenvalue weighted by atomic mass is 28.4. The molecule has 0 fully saturated rings. The Balaban J connectivity index is 4.44. The van der Waals surface area contributed by atoms with E-state index in [0.717, 1.165) is 6.42 Å². The van der Waals surface area contributed by atoms with E-state index in [-0.39, 0.29) is 11.9 Å². The van der Waals surface area contributed by atoms with Crippen molar-refractivity contribution in [3.8, 4) is 0 Å². The minimum absolute atomic E-state index is 0.0405. The molecular weight excluding hydrogens is 262 g/mol. The molecular formula is C13H27NO4Si. The van der Waals surface area contributed by atoms with Gasteiger partial charge in [-0.25, -0.2) is 0 Å². The van der Waals surface area contributed by atoms with E-state index in [9.17, 15) is 4.79 Å². The first-order valence-electron chi connectivity index (χ1n) is 6.88. The molecule has 0 aromatic carbocycles. The van der Waals surface area contributed by atoms with E-state index in [4.69, 9.17) is 13.3 Å². The second-order valence-corrected chi connectivity index (χ2v) is 6.87. The number of carbonyl (C=O) groups excluding carboxylic acids is 1. The third-order valence-corrected chi connectivity index (χ3v) is 5.64. The Morgan fingerprint density at radius 2 is 1.68 bits per heavy atom. The summed E-state index contributed by atoms with van der Waals surface area (Å²) in [4.78, 5) is 11.2. The zero-order valence-electron chi connectivity index (χ0n) is 12.5. The maximum absolute atomic E-state index is 11.2. The molecule has 0 aliphatic heterocycles. The third-order valence-electron chi connectivity index (χ3n) is 2.55. The molecule has 0 aliphatic carbocycles. The third kappa shape index (κ3) is 7.46. The summed E-state index contributed by atoms with van der Waals surface area (Å²) in [6.45, 7) is 12.9. The van der Waals surface area contributed by atoms with Crippen LogP contribution in [0.15, 0.2) is 12.7 Å². The van der Waals surface area contributed by atoms with E-state index in [0.29, 0.717) is 25.9 Å². The van der Waals surface area contributed by atoms with Crippen LogP contribution in [-0.2, 0) is 18.1 Å². The lowest BCUT2D eigenvalue weighted by molar-refractivity contribution is -0.117. The number of nitrogens with one attached hydrogen (secondary N) is 1. The Labute approximate surface area is 117 Å². The van der Waals surface area contributed by atoms with Crippen LogP contribution in [0.1, 0.15) is 34.1 Å². The Bertz CT molecular complexity index is 256. The van der Waals surface area contributed by atoms with Gasteiger partial charge in [0.1, 0.15) is 0 Å². The standard InChI is InChI=1S/C13H27NO4Si/c1-6-13(15)14-12(5)10-11-19(16-7-2,17-8-3)18-9-4/h6,12H,1,7-11H2,2-5H3,(H,14,15). The van der Waals surface area contributed by atoms with Crippen LogP contribution in [0.2, 0.25) is 6.04 Å². The summed E-state index contributed by atoms with van der Waals surface area (Å²) in [5, 5.41) is 2.83. The minimum Gasteiger partial charge on any atom is -0.374 e. The molecule has 0 heterocycles. The second-order valence-electron chi connectivity index (χ2n) is 4.13. The first kappa shape index (κ1) is 18.3. The van der Waals surface area contributed by atoms with Gasteiger partial charge in [-0.1, -0.05) is 6.58 Å². The van der Waals surface area contributed by atoms with Crippen LogP contribution in [0.25, 0.3) is 0 Å². The molecule has 0 spiro atoms. The molecule has 0 radical (unpaired) electrons. The molecule has 1 N–H and O–H groups in total. The molecule has 6 heteroatoms. The van der Waals surface area contributed by atoms with E-state index < -0.39 is 8.80 Å². The topological polar surface area (TPSA) is 56.8 Å². The smallest absolute Gasteiger partial charge is 0.374 e. The molecule has 0 saturated heterocycles. The van der Waals surface area contributed by atoms with Crippen LogP contribution in [0.3, 0.4) is 0 Å². The minimum atomic E-state index is -2.60. The van der Waals surface area contributed by atoms with Crippen molar-refractivity contribution in [1.29, 1.82) is 0 Å². The van der Waals surface area contributed by atoms with Crippen molar-refractivity contribution in [1.82, 2.24) is 5.32 Å². The van der Waals surface area contributed by atoms with Crippen molar-refractivity contribution < 1.29 is 18.1 Å². The predicted octanol–water partition coefficient (Wildman–Crippen LogP) is 2.12. The average molecular weight is 289 g/mol. The number of carbonyl (C=O) groups is 1. The van der Waals surface area contributed by atoms with Crippen molar-refractivity contribution in [2.75, 3.05) is 19.8 Å². The second kappa shape index (κ2) is 10.1. The number of amides is 1. The molecule has 112 valence electrons. The van der Waals surface area contributed by atoms with Gasteiger partial charge in [0.05, 0.1) is 0 Å². The molecule has 0 aromatic rings. The molecule has 19 heavy (non-hydrogen) atoms. The van der Waals surface area contributed by atoms with Crippen LogP contribution in [-0.4, -0.2) is 40.6 Å². The van der Waals surface area contributed by atoms with Gasteiger partial charge in [0.25, 0.3) is 0 Å². The maximum atomic E-state index is 11.2. The first-order chi connectivity index (χ1) is 9.03. The van der Waals surface area contributed by atoms with Gasteiger partial charge < -0.3 is 18.6 Å². The van der Waals surface area contributed by atoms with Crippen molar-refractivity contribution >= 4 is 14.7 Å². The highest BCUT2D eigenvalue weighted by molar-refractivity contribution is 6.60. The number of hydrogen-bond acceptors (Lipinski definition) is 4. The summed E-state index contributed by atoms with van der Waals surface area (Å²) in [7, 11) is -2.60. The van der Waals surface area contributed by atoms with Gasteiger partial charge in [-0.05, 0) is 40.2 Å². The van der Waals surface area contributed by atoms with E-state index in [1.165, 1.54) is 6.08 Å². The van der Waals surface area contributed by atoms with Crippen LogP contribution in [0.5, 0.6) is 0 Å². The van der Waals surface area contributed by atoms with Gasteiger partial charge in [0.2, 0.25) is 5.91 Å². The monoisotopic (exact) mass is 289 g/mol. The summed E-state index contributed by atoms with van der Waals surface area (Å²) in [5.74, 6) is -0.163. The van der Waals surface area contributed by atoms with Crippen LogP contribution >= 0.6 is 0 Å². The van der Waals surface area contributed by atoms with Gasteiger partial charge in [0.15, 0.2) is 0 Å². The van der Waals surface area contributed by atoms with Crippen LogP contribution in [0.4, 0.5) is 0 Å². The summed E-state index contributed by atoms with van der Waals surface area (Å²) < 4.78 is 17.3. The van der Waals surface area contributed by atoms with E-state index in [2.05, 4.69) is 11.9 Å². The van der Waals surface area contributed by atoms with Gasteiger partial charge in [-0.15, -0.1) is 0 Å². The predicted molar refractivity (Wildman–Crippen MR) is 77.9 cm³/mol. The maximum Gasteiger partial charge on any atom is 0.501 e. The molecule has 1 amide bonds. The summed E-state index contributed by atoms with van der Waals surface area (Å²) in [6.07, 6.45) is 2.03. The van der Waals surface area contributed by atoms with Crippen molar-refractivity contribution in [3.63, 3.8) is 0 Å². The average Bonchev–Trinajstić information content (AvgIpc) is 2.37. The van der Waals surface area contributed by atoms with E-state index in [1.807, 2.05) is 27.7 Å². The van der Waals surface area contributed by atoms with Crippen LogP contribution < -0.4 is 5.32 Å². The highest BCUT2D eigenvalue weighted by Crippen LogP contribution is 2.19. The van der Waals surface area contributed by atoms with Gasteiger partial charge in [-0.3, -0.25) is 4.79 Å². The Kier molecular flexibility index (Phi) is 9.77. The fraction of sp³-hybridized carbons (Fsp3) is 0.769. The van der Waals surface area contributed by atoms with Gasteiger partial charge in [-0.2, -0.15) is 0 Å². The van der Waals surface area contributed by atoms with Crippen molar-refractivity contribution in [3.05, 3.63) is 12.7 Å². The Morgan fingerprint density at radius 3 is 2.05 bits per heavy atom. The fourth-order valence-electron chi connectivity index (χ4n) is 1.77. The lowest BCUT2D eigenvalue weighted by atomic mass is 10.2. The van der Waals surface area contributed by atoms with Crippen LogP contribution in [0, 0.1) is 0 Å². The van der Waals surface area contributed by atoms with Crippen molar-refractivity contribution in [2.45, 2.75) is 46.2 Å². The lowest BCUT2D eigenvalue weighted by Gasteiger charge is -2.29. The largest absolute Gasteiger partial charge is 0.501 e. The summed E-state index contributed by atoms with van der Waals surface area (Å²) in [6, 6.07) is 0.736. The molecule has 5 nitrogen and oxygen atoms in total. The number of rotatable bonds is 11.